The van der Waals surface area contributed by atoms with Crippen LogP contribution < -0.4 is 16.5 Å². The van der Waals surface area contributed by atoms with Crippen LogP contribution in [0.1, 0.15) is 11.1 Å². The van der Waals surface area contributed by atoms with Gasteiger partial charge in [0, 0.05) is 18.2 Å². The number of nitrogen functional groups attached to an aromatic ring is 1. The fraction of sp³-hybridized carbons (Fsp3) is 0.105. The highest BCUT2D eigenvalue weighted by molar-refractivity contribution is 6.29. The molecule has 12 heteroatoms. The summed E-state index contributed by atoms with van der Waals surface area (Å²) in [5.74, 6) is -0.203. The van der Waals surface area contributed by atoms with E-state index in [1.807, 2.05) is 6.07 Å². The van der Waals surface area contributed by atoms with E-state index in [0.717, 1.165) is 6.07 Å². The van der Waals surface area contributed by atoms with Crippen molar-refractivity contribution in [3.63, 3.8) is 0 Å². The van der Waals surface area contributed by atoms with Crippen LogP contribution in [0.25, 0.3) is 5.70 Å². The summed E-state index contributed by atoms with van der Waals surface area (Å²) in [6.07, 6.45) is 4.45. The highest BCUT2D eigenvalue weighted by Crippen LogP contribution is 2.27. The van der Waals surface area contributed by atoms with Gasteiger partial charge in [0.1, 0.15) is 41.3 Å². The Balaban J connectivity index is 0.00000272. The fourth-order valence-corrected chi connectivity index (χ4v) is 2.96. The number of nitriles is 1. The van der Waals surface area contributed by atoms with Crippen molar-refractivity contribution in [2.24, 2.45) is 15.1 Å². The summed E-state index contributed by atoms with van der Waals surface area (Å²) < 4.78 is 27.2. The molecule has 9 nitrogen and oxygen atoms in total. The first-order valence-electron chi connectivity index (χ1n) is 8.90. The fourth-order valence-electron chi connectivity index (χ4n) is 2.96. The van der Waals surface area contributed by atoms with Crippen molar-refractivity contribution < 1.29 is 13.5 Å². The van der Waals surface area contributed by atoms with E-state index >= 15 is 0 Å². The SMILES string of the molecule is Cl.N#Cc1ccc(NCCN[N+]23C=C(c4ccc(F)cc4F)N=CC2=NC=N3)nc1N. The number of halogens is 3. The van der Waals surface area contributed by atoms with Gasteiger partial charge in [-0.3, -0.25) is 0 Å². The van der Waals surface area contributed by atoms with Gasteiger partial charge in [0.05, 0.1) is 12.1 Å². The molecule has 0 amide bonds. The topological polar surface area (TPSA) is 124 Å². The Morgan fingerprint density at radius 3 is 2.74 bits per heavy atom. The number of nitrogens with one attached hydrogen (secondary N) is 2. The van der Waals surface area contributed by atoms with Crippen molar-refractivity contribution in [1.29, 1.82) is 5.26 Å². The second kappa shape index (κ2) is 8.97. The first kappa shape index (κ1) is 22.0. The third-order valence-electron chi connectivity index (χ3n) is 4.44. The van der Waals surface area contributed by atoms with Gasteiger partial charge in [-0.15, -0.1) is 17.8 Å². The Morgan fingerprint density at radius 2 is 2.00 bits per heavy atom. The van der Waals surface area contributed by atoms with Gasteiger partial charge in [-0.1, -0.05) is 0 Å². The average molecular weight is 445 g/mol. The molecule has 4 rings (SSSR count). The summed E-state index contributed by atoms with van der Waals surface area (Å²) in [7, 11) is 0. The van der Waals surface area contributed by atoms with Crippen molar-refractivity contribution in [1.82, 2.24) is 10.4 Å². The number of quaternary nitrogens is 1. The smallest absolute Gasteiger partial charge is 0.299 e. The number of fused-ring (bicyclic) bond motifs is 1. The number of anilines is 2. The zero-order chi connectivity index (χ0) is 21.1. The number of hydrogen-bond donors (Lipinski definition) is 3. The van der Waals surface area contributed by atoms with Gasteiger partial charge >= 0.3 is 0 Å². The number of benzene rings is 1. The number of rotatable bonds is 6. The van der Waals surface area contributed by atoms with E-state index < -0.39 is 11.6 Å². The molecule has 2 aliphatic heterocycles. The minimum atomic E-state index is -0.716. The van der Waals surface area contributed by atoms with Crippen LogP contribution in [-0.2, 0) is 0 Å². The minimum Gasteiger partial charge on any atom is -0.383 e. The molecule has 1 atom stereocenters. The Labute approximate surface area is 182 Å². The predicted molar refractivity (Wildman–Crippen MR) is 116 cm³/mol. The maximum absolute atomic E-state index is 14.2. The Kier molecular flexibility index (Phi) is 6.36. The third-order valence-corrected chi connectivity index (χ3v) is 4.44. The van der Waals surface area contributed by atoms with E-state index in [2.05, 4.69) is 30.8 Å². The number of aromatic nitrogens is 1. The number of pyridine rings is 1. The van der Waals surface area contributed by atoms with Gasteiger partial charge in [0.2, 0.25) is 0 Å². The Morgan fingerprint density at radius 1 is 1.16 bits per heavy atom. The number of aliphatic imine (C=N–C) groups is 2. The number of nitrogens with zero attached hydrogens (tertiary/aromatic N) is 6. The molecule has 1 aromatic carbocycles. The largest absolute Gasteiger partial charge is 0.383 e. The van der Waals surface area contributed by atoms with Crippen molar-refractivity contribution in [2.45, 2.75) is 0 Å². The monoisotopic (exact) mass is 444 g/mol. The molecule has 4 N–H and O–H groups in total. The van der Waals surface area contributed by atoms with Crippen LogP contribution in [-0.4, -0.2) is 41.2 Å². The Hall–Kier alpha value is -3.72. The summed E-state index contributed by atoms with van der Waals surface area (Å²) in [6, 6.07) is 8.50. The average Bonchev–Trinajstić information content (AvgIpc) is 3.14. The van der Waals surface area contributed by atoms with Crippen LogP contribution in [0.15, 0.2) is 51.6 Å². The maximum Gasteiger partial charge on any atom is 0.299 e. The van der Waals surface area contributed by atoms with Crippen molar-refractivity contribution >= 4 is 48.1 Å². The van der Waals surface area contributed by atoms with Crippen LogP contribution in [0.4, 0.5) is 20.4 Å². The molecule has 0 radical (unpaired) electrons. The third kappa shape index (κ3) is 4.41. The van der Waals surface area contributed by atoms with Gasteiger partial charge in [-0.05, 0) is 34.1 Å². The van der Waals surface area contributed by atoms with Crippen LogP contribution in [0.3, 0.4) is 0 Å². The van der Waals surface area contributed by atoms with E-state index in [0.29, 0.717) is 36.0 Å². The highest BCUT2D eigenvalue weighted by atomic mass is 35.5. The lowest BCUT2D eigenvalue weighted by Gasteiger charge is -2.26. The molecule has 1 aromatic heterocycles. The number of nitrogens with two attached hydrogens (primary N) is 1. The molecule has 2 aliphatic rings. The molecule has 0 fully saturated rings. The van der Waals surface area contributed by atoms with Crippen molar-refractivity contribution in [3.05, 3.63) is 59.3 Å². The molecule has 31 heavy (non-hydrogen) atoms. The van der Waals surface area contributed by atoms with Gasteiger partial charge in [-0.2, -0.15) is 10.3 Å². The molecule has 0 spiro atoms. The summed E-state index contributed by atoms with van der Waals surface area (Å²) in [4.78, 5) is 12.5. The van der Waals surface area contributed by atoms with Gasteiger partial charge in [-0.25, -0.2) is 18.8 Å². The van der Waals surface area contributed by atoms with E-state index in [-0.39, 0.29) is 28.5 Å². The summed E-state index contributed by atoms with van der Waals surface area (Å²) in [5.41, 5.74) is 9.68. The zero-order valence-electron chi connectivity index (χ0n) is 16.0. The molecule has 1 unspecified atom stereocenters. The lowest BCUT2D eigenvalue weighted by Crippen LogP contribution is -2.55. The first-order chi connectivity index (χ1) is 14.5. The second-order valence-electron chi connectivity index (χ2n) is 6.38. The second-order valence-corrected chi connectivity index (χ2v) is 6.38. The molecule has 0 aliphatic carbocycles. The summed E-state index contributed by atoms with van der Waals surface area (Å²) in [5, 5.41) is 16.3. The van der Waals surface area contributed by atoms with E-state index in [1.54, 1.807) is 18.3 Å². The minimum absolute atomic E-state index is 0. The van der Waals surface area contributed by atoms with E-state index in [1.165, 1.54) is 24.7 Å². The van der Waals surface area contributed by atoms with Gasteiger partial charge < -0.3 is 11.1 Å². The van der Waals surface area contributed by atoms with Gasteiger partial charge in [0.25, 0.3) is 5.84 Å². The van der Waals surface area contributed by atoms with Gasteiger partial charge in [0.15, 0.2) is 12.5 Å². The standard InChI is InChI=1S/C19H16F2N9.ClH/c20-13-2-3-14(15(21)7-13)16-10-30(18(9-25-16)26-11-28-30)27-6-5-24-17-4-1-12(8-22)19(23)29-17;/h1-4,7,9-11,27H,5-6H2,(H3,23,24,29);1H/q+1;. The van der Waals surface area contributed by atoms with E-state index in [9.17, 15) is 8.78 Å². The van der Waals surface area contributed by atoms with Crippen molar-refractivity contribution in [3.8, 4) is 6.07 Å². The molecular weight excluding hydrogens is 428 g/mol. The molecule has 0 bridgehead atoms. The number of hydrogen-bond acceptors (Lipinski definition) is 8. The summed E-state index contributed by atoms with van der Waals surface area (Å²) in [6.45, 7) is 0.869. The van der Waals surface area contributed by atoms with Crippen LogP contribution in [0.5, 0.6) is 0 Å². The highest BCUT2D eigenvalue weighted by Gasteiger charge is 2.39. The molecular formula is C19H17ClF2N9+. The first-order valence-corrected chi connectivity index (χ1v) is 8.90. The van der Waals surface area contributed by atoms with Crippen LogP contribution >= 0.6 is 12.4 Å². The lowest BCUT2D eigenvalue weighted by molar-refractivity contribution is -0.838. The maximum atomic E-state index is 14.2. The summed E-state index contributed by atoms with van der Waals surface area (Å²) >= 11 is 0. The molecule has 0 saturated heterocycles. The molecule has 0 saturated carbocycles. The predicted octanol–water partition coefficient (Wildman–Crippen LogP) is 2.41. The van der Waals surface area contributed by atoms with Crippen LogP contribution in [0.2, 0.25) is 0 Å². The molecule has 3 heterocycles. The van der Waals surface area contributed by atoms with Crippen LogP contribution in [0, 0.1) is 23.0 Å². The lowest BCUT2D eigenvalue weighted by atomic mass is 10.1. The molecule has 158 valence electrons. The van der Waals surface area contributed by atoms with Crippen molar-refractivity contribution in [2.75, 3.05) is 24.1 Å². The number of amidine groups is 1. The quantitative estimate of drug-likeness (QED) is 0.466. The Bertz CT molecular complexity index is 1170. The molecule has 2 aromatic rings. The zero-order valence-corrected chi connectivity index (χ0v) is 16.8. The van der Waals surface area contributed by atoms with E-state index in [4.69, 9.17) is 11.0 Å². The normalized spacial score (nSPS) is 18.5.